The van der Waals surface area contributed by atoms with Crippen LogP contribution in [0.25, 0.3) is 0 Å². The van der Waals surface area contributed by atoms with Crippen LogP contribution < -0.4 is 5.32 Å². The number of nitrogens with zero attached hydrogens (tertiary/aromatic N) is 2. The van der Waals surface area contributed by atoms with Crippen LogP contribution in [-0.2, 0) is 6.54 Å². The highest BCUT2D eigenvalue weighted by Crippen LogP contribution is 2.33. The zero-order chi connectivity index (χ0) is 15.8. The number of carbonyl (C=O) groups is 1. The van der Waals surface area contributed by atoms with Gasteiger partial charge in [0.05, 0.1) is 6.54 Å². The second-order valence-corrected chi connectivity index (χ2v) is 8.49. The maximum atomic E-state index is 12.8. The van der Waals surface area contributed by atoms with Crippen molar-refractivity contribution in [1.82, 2.24) is 15.1 Å². The molecular weight excluding hydrogens is 306 g/mol. The summed E-state index contributed by atoms with van der Waals surface area (Å²) in [7, 11) is 2.26. The van der Waals surface area contributed by atoms with E-state index in [1.807, 2.05) is 0 Å². The summed E-state index contributed by atoms with van der Waals surface area (Å²) in [6.45, 7) is 0.771. The van der Waals surface area contributed by atoms with Gasteiger partial charge in [-0.1, -0.05) is 12.5 Å². The molecule has 4 nitrogen and oxygen atoms in total. The molecule has 2 unspecified atom stereocenters. The minimum Gasteiger partial charge on any atom is -0.335 e. The third-order valence-corrected chi connectivity index (χ3v) is 6.68. The number of piperidine rings is 2. The number of hydrogen-bond acceptors (Lipinski definition) is 3. The molecule has 3 fully saturated rings. The van der Waals surface area contributed by atoms with E-state index in [0.717, 1.165) is 32.2 Å². The molecule has 126 valence electrons. The SMILES string of the molecule is CN1C2CCCC1CC(NC(=O)N(Cc1cccs1)C1CC1)C2. The lowest BCUT2D eigenvalue weighted by Crippen LogP contribution is -2.56. The average molecular weight is 334 g/mol. The Morgan fingerprint density at radius 2 is 2.04 bits per heavy atom. The molecule has 2 aliphatic heterocycles. The van der Waals surface area contributed by atoms with Gasteiger partial charge in [0.2, 0.25) is 0 Å². The first kappa shape index (κ1) is 15.5. The molecular formula is C18H27N3OS. The predicted molar refractivity (Wildman–Crippen MR) is 93.6 cm³/mol. The molecule has 0 spiro atoms. The van der Waals surface area contributed by atoms with Gasteiger partial charge in [0, 0.05) is 29.0 Å². The first-order chi connectivity index (χ1) is 11.2. The minimum absolute atomic E-state index is 0.161. The molecule has 1 aliphatic carbocycles. The summed E-state index contributed by atoms with van der Waals surface area (Å²) in [5.41, 5.74) is 0. The van der Waals surface area contributed by atoms with E-state index in [1.54, 1.807) is 11.3 Å². The minimum atomic E-state index is 0.161. The molecule has 0 radical (unpaired) electrons. The van der Waals surface area contributed by atoms with Crippen molar-refractivity contribution in [3.05, 3.63) is 22.4 Å². The van der Waals surface area contributed by atoms with Gasteiger partial charge in [0.1, 0.15) is 0 Å². The Hall–Kier alpha value is -1.07. The predicted octanol–water partition coefficient (Wildman–Crippen LogP) is 3.44. The lowest BCUT2D eigenvalue weighted by Gasteiger charge is -2.47. The van der Waals surface area contributed by atoms with E-state index >= 15 is 0 Å². The van der Waals surface area contributed by atoms with Crippen molar-refractivity contribution in [1.29, 1.82) is 0 Å². The summed E-state index contributed by atoms with van der Waals surface area (Å²) in [6, 6.07) is 6.52. The Labute approximate surface area is 142 Å². The fraction of sp³-hybridized carbons (Fsp3) is 0.722. The topological polar surface area (TPSA) is 35.6 Å². The summed E-state index contributed by atoms with van der Waals surface area (Å²) >= 11 is 1.75. The van der Waals surface area contributed by atoms with Crippen molar-refractivity contribution in [3.8, 4) is 0 Å². The molecule has 1 N–H and O–H groups in total. The molecule has 1 aromatic heterocycles. The van der Waals surface area contributed by atoms with Gasteiger partial charge < -0.3 is 15.1 Å². The quantitative estimate of drug-likeness (QED) is 0.916. The second-order valence-electron chi connectivity index (χ2n) is 7.46. The van der Waals surface area contributed by atoms with Crippen molar-refractivity contribution >= 4 is 17.4 Å². The molecule has 23 heavy (non-hydrogen) atoms. The Morgan fingerprint density at radius 3 is 2.65 bits per heavy atom. The van der Waals surface area contributed by atoms with Gasteiger partial charge in [-0.3, -0.25) is 0 Å². The Kier molecular flexibility index (Phi) is 4.33. The van der Waals surface area contributed by atoms with Crippen molar-refractivity contribution in [2.45, 2.75) is 75.7 Å². The lowest BCUT2D eigenvalue weighted by atomic mass is 9.82. The highest BCUT2D eigenvalue weighted by Gasteiger charge is 2.38. The van der Waals surface area contributed by atoms with Crippen LogP contribution in [-0.4, -0.2) is 47.0 Å². The van der Waals surface area contributed by atoms with E-state index in [0.29, 0.717) is 24.2 Å². The van der Waals surface area contributed by atoms with Crippen LogP contribution in [0.3, 0.4) is 0 Å². The summed E-state index contributed by atoms with van der Waals surface area (Å²) in [5.74, 6) is 0. The zero-order valence-corrected chi connectivity index (χ0v) is 14.7. The van der Waals surface area contributed by atoms with Crippen LogP contribution in [0.15, 0.2) is 17.5 Å². The number of nitrogens with one attached hydrogen (secondary N) is 1. The first-order valence-corrected chi connectivity index (χ1v) is 9.90. The molecule has 2 atom stereocenters. The molecule has 2 saturated heterocycles. The maximum absolute atomic E-state index is 12.8. The molecule has 1 saturated carbocycles. The van der Waals surface area contributed by atoms with Gasteiger partial charge in [-0.05, 0) is 57.0 Å². The van der Waals surface area contributed by atoms with Crippen LogP contribution in [0.2, 0.25) is 0 Å². The highest BCUT2D eigenvalue weighted by molar-refractivity contribution is 7.09. The summed E-state index contributed by atoms with van der Waals surface area (Å²) < 4.78 is 0. The molecule has 3 heterocycles. The Morgan fingerprint density at radius 1 is 1.30 bits per heavy atom. The number of urea groups is 1. The summed E-state index contributed by atoms with van der Waals surface area (Å²) in [6.07, 6.45) is 8.51. The normalized spacial score (nSPS) is 30.9. The Bertz CT molecular complexity index is 528. The zero-order valence-electron chi connectivity index (χ0n) is 13.9. The summed E-state index contributed by atoms with van der Waals surface area (Å²) in [5, 5.41) is 5.46. The first-order valence-electron chi connectivity index (χ1n) is 9.02. The van der Waals surface area contributed by atoms with E-state index in [4.69, 9.17) is 0 Å². The van der Waals surface area contributed by atoms with Gasteiger partial charge in [0.15, 0.2) is 0 Å². The fourth-order valence-corrected chi connectivity index (χ4v) is 5.02. The molecule has 4 rings (SSSR count). The van der Waals surface area contributed by atoms with E-state index in [1.165, 1.54) is 24.1 Å². The number of rotatable bonds is 4. The summed E-state index contributed by atoms with van der Waals surface area (Å²) in [4.78, 5) is 18.7. The number of carbonyl (C=O) groups excluding carboxylic acids is 1. The van der Waals surface area contributed by atoms with Gasteiger partial charge in [-0.15, -0.1) is 11.3 Å². The van der Waals surface area contributed by atoms with Crippen LogP contribution in [0.5, 0.6) is 0 Å². The van der Waals surface area contributed by atoms with E-state index < -0.39 is 0 Å². The molecule has 1 aromatic rings. The lowest BCUT2D eigenvalue weighted by molar-refractivity contribution is 0.0492. The second kappa shape index (κ2) is 6.44. The van der Waals surface area contributed by atoms with Crippen LogP contribution in [0, 0.1) is 0 Å². The largest absolute Gasteiger partial charge is 0.335 e. The standard InChI is InChI=1S/C18H27N3OS/c1-20-15-4-2-5-16(20)11-13(10-15)19-18(22)21(14-7-8-14)12-17-6-3-9-23-17/h3,6,9,13-16H,2,4-5,7-8,10-12H2,1H3,(H,19,22). The van der Waals surface area contributed by atoms with E-state index in [2.05, 4.69) is 39.7 Å². The van der Waals surface area contributed by atoms with Gasteiger partial charge in [-0.2, -0.15) is 0 Å². The van der Waals surface area contributed by atoms with Crippen LogP contribution in [0.1, 0.15) is 49.8 Å². The van der Waals surface area contributed by atoms with E-state index in [9.17, 15) is 4.79 Å². The molecule has 2 amide bonds. The van der Waals surface area contributed by atoms with Crippen molar-refractivity contribution in [2.75, 3.05) is 7.05 Å². The van der Waals surface area contributed by atoms with Crippen molar-refractivity contribution in [2.24, 2.45) is 0 Å². The molecule has 2 bridgehead atoms. The third kappa shape index (κ3) is 3.41. The smallest absolute Gasteiger partial charge is 0.318 e. The average Bonchev–Trinajstić information content (AvgIpc) is 3.22. The number of fused-ring (bicyclic) bond motifs is 2. The maximum Gasteiger partial charge on any atom is 0.318 e. The van der Waals surface area contributed by atoms with Gasteiger partial charge >= 0.3 is 6.03 Å². The Balaban J connectivity index is 1.38. The van der Waals surface area contributed by atoms with Gasteiger partial charge in [0.25, 0.3) is 0 Å². The van der Waals surface area contributed by atoms with Crippen molar-refractivity contribution < 1.29 is 4.79 Å². The number of hydrogen-bond donors (Lipinski definition) is 1. The van der Waals surface area contributed by atoms with Crippen molar-refractivity contribution in [3.63, 3.8) is 0 Å². The highest BCUT2D eigenvalue weighted by atomic mass is 32.1. The molecule has 0 aromatic carbocycles. The number of thiophene rings is 1. The third-order valence-electron chi connectivity index (χ3n) is 5.82. The van der Waals surface area contributed by atoms with E-state index in [-0.39, 0.29) is 6.03 Å². The monoisotopic (exact) mass is 333 g/mol. The number of amides is 2. The molecule has 5 heteroatoms. The van der Waals surface area contributed by atoms with Crippen LogP contribution >= 0.6 is 11.3 Å². The molecule has 3 aliphatic rings. The van der Waals surface area contributed by atoms with Gasteiger partial charge in [-0.25, -0.2) is 4.79 Å². The van der Waals surface area contributed by atoms with Crippen LogP contribution in [0.4, 0.5) is 4.79 Å². The fourth-order valence-electron chi connectivity index (χ4n) is 4.31.